The van der Waals surface area contributed by atoms with Crippen LogP contribution in [0, 0.1) is 5.82 Å². The quantitative estimate of drug-likeness (QED) is 0.359. The Kier molecular flexibility index (Phi) is 5.45. The number of thioether (sulfide) groups is 1. The summed E-state index contributed by atoms with van der Waals surface area (Å²) >= 11 is 1.03. The molecule has 1 atom stereocenters. The van der Waals surface area contributed by atoms with Gasteiger partial charge < -0.3 is 4.90 Å². The Balaban J connectivity index is 1.92. The minimum Gasteiger partial charge on any atom is -0.347 e. The van der Waals surface area contributed by atoms with Crippen LogP contribution in [0.5, 0.6) is 0 Å². The normalized spacial score (nSPS) is 12.1. The smallest absolute Gasteiger partial charge is 0.243 e. The molecular formula is C17H17FN6O2S. The minimum atomic E-state index is -0.916. The number of hydrogen-bond acceptors (Lipinski definition) is 7. The third kappa shape index (κ3) is 4.11. The van der Waals surface area contributed by atoms with Crippen molar-refractivity contribution < 1.29 is 14.0 Å². The van der Waals surface area contributed by atoms with E-state index >= 15 is 0 Å². The summed E-state index contributed by atoms with van der Waals surface area (Å²) in [6.45, 7) is 1.72. The fraction of sp³-hybridized carbons (Fsp3) is 0.294. The molecule has 0 unspecified atom stereocenters. The van der Waals surface area contributed by atoms with Crippen LogP contribution in [0.3, 0.4) is 0 Å². The summed E-state index contributed by atoms with van der Waals surface area (Å²) in [5.74, 6) is -0.911. The van der Waals surface area contributed by atoms with E-state index in [1.54, 1.807) is 30.9 Å². The van der Waals surface area contributed by atoms with Crippen molar-refractivity contribution >= 4 is 34.6 Å². The number of halogens is 1. The zero-order valence-corrected chi connectivity index (χ0v) is 15.8. The molecule has 0 fully saturated rings. The zero-order valence-electron chi connectivity index (χ0n) is 15.0. The number of nitrogens with zero attached hydrogens (tertiary/aromatic N) is 6. The van der Waals surface area contributed by atoms with Crippen LogP contribution in [0.15, 0.2) is 35.6 Å². The average molecular weight is 388 g/mol. The van der Waals surface area contributed by atoms with Crippen LogP contribution in [0.4, 0.5) is 4.39 Å². The third-order valence-electron chi connectivity index (χ3n) is 3.78. The van der Waals surface area contributed by atoms with Gasteiger partial charge in [-0.05, 0) is 24.6 Å². The lowest BCUT2D eigenvalue weighted by Crippen LogP contribution is -2.36. The van der Waals surface area contributed by atoms with Crippen molar-refractivity contribution in [3.05, 3.63) is 42.0 Å². The predicted octanol–water partition coefficient (Wildman–Crippen LogP) is 1.55. The van der Waals surface area contributed by atoms with Crippen LogP contribution < -0.4 is 0 Å². The highest BCUT2D eigenvalue weighted by atomic mass is 32.2. The lowest BCUT2D eigenvalue weighted by Gasteiger charge is -2.17. The van der Waals surface area contributed by atoms with Gasteiger partial charge in [-0.3, -0.25) is 9.59 Å². The molecule has 0 saturated carbocycles. The molecule has 140 valence electrons. The van der Waals surface area contributed by atoms with Crippen LogP contribution in [0.1, 0.15) is 12.5 Å². The predicted molar refractivity (Wildman–Crippen MR) is 97.6 cm³/mol. The number of fused-ring (bicyclic) bond motifs is 1. The number of Topliss-reactive ketones (excluding diaryl/α,β-unsaturated/α-hetero) is 1. The van der Waals surface area contributed by atoms with E-state index in [0.29, 0.717) is 22.7 Å². The van der Waals surface area contributed by atoms with Gasteiger partial charge in [-0.1, -0.05) is 29.1 Å². The second-order valence-corrected chi connectivity index (χ2v) is 7.16. The van der Waals surface area contributed by atoms with Crippen LogP contribution >= 0.6 is 11.8 Å². The average Bonchev–Trinajstić information content (AvgIpc) is 3.04. The number of rotatable bonds is 6. The lowest BCUT2D eigenvalue weighted by molar-refractivity contribution is -0.132. The molecule has 2 aromatic heterocycles. The lowest BCUT2D eigenvalue weighted by atomic mass is 10.2. The summed E-state index contributed by atoms with van der Waals surface area (Å²) in [5.41, 5.74) is 1.71. The number of carbonyl (C=O) groups is 2. The van der Waals surface area contributed by atoms with E-state index in [-0.39, 0.29) is 17.5 Å². The maximum Gasteiger partial charge on any atom is 0.243 e. The number of carbonyl (C=O) groups excluding carboxylic acids is 2. The topological polar surface area (TPSA) is 93.9 Å². The van der Waals surface area contributed by atoms with E-state index in [4.69, 9.17) is 0 Å². The van der Waals surface area contributed by atoms with Crippen LogP contribution in [0.25, 0.3) is 11.2 Å². The van der Waals surface area contributed by atoms with Crippen molar-refractivity contribution in [3.8, 4) is 0 Å². The Labute approximate surface area is 158 Å². The molecule has 0 aliphatic carbocycles. The third-order valence-corrected chi connectivity index (χ3v) is 5.07. The van der Waals surface area contributed by atoms with Gasteiger partial charge in [0.2, 0.25) is 5.91 Å². The first-order chi connectivity index (χ1) is 12.9. The van der Waals surface area contributed by atoms with Crippen molar-refractivity contribution in [2.45, 2.75) is 23.7 Å². The maximum absolute atomic E-state index is 13.1. The SMILES string of the molecule is CC(=O)[C@H](Sc1ncnc2c1nnn2Cc1ccc(F)cc1)C(=O)N(C)C. The molecule has 0 aliphatic rings. The molecule has 0 spiro atoms. The molecule has 10 heteroatoms. The van der Waals surface area contributed by atoms with E-state index in [9.17, 15) is 14.0 Å². The van der Waals surface area contributed by atoms with E-state index in [1.165, 1.54) is 30.3 Å². The Hall–Kier alpha value is -2.88. The van der Waals surface area contributed by atoms with Crippen LogP contribution in [-0.2, 0) is 16.1 Å². The van der Waals surface area contributed by atoms with Crippen molar-refractivity contribution in [3.63, 3.8) is 0 Å². The largest absolute Gasteiger partial charge is 0.347 e. The molecule has 3 rings (SSSR count). The van der Waals surface area contributed by atoms with Crippen molar-refractivity contribution in [2.24, 2.45) is 0 Å². The first kappa shape index (κ1) is 18.9. The molecule has 0 saturated heterocycles. The highest BCUT2D eigenvalue weighted by molar-refractivity contribution is 8.01. The molecule has 27 heavy (non-hydrogen) atoms. The first-order valence-corrected chi connectivity index (χ1v) is 8.91. The van der Waals surface area contributed by atoms with Crippen molar-refractivity contribution in [2.75, 3.05) is 14.1 Å². The second-order valence-electron chi connectivity index (χ2n) is 6.07. The Morgan fingerprint density at radius 2 is 1.93 bits per heavy atom. The zero-order chi connectivity index (χ0) is 19.6. The summed E-state index contributed by atoms with van der Waals surface area (Å²) in [5, 5.41) is 7.68. The Morgan fingerprint density at radius 3 is 2.56 bits per heavy atom. The maximum atomic E-state index is 13.1. The molecule has 8 nitrogen and oxygen atoms in total. The van der Waals surface area contributed by atoms with Gasteiger partial charge in [0.25, 0.3) is 0 Å². The molecule has 0 radical (unpaired) electrons. The Morgan fingerprint density at radius 1 is 1.22 bits per heavy atom. The number of ketones is 1. The molecule has 1 amide bonds. The van der Waals surface area contributed by atoms with Gasteiger partial charge in [-0.2, -0.15) is 0 Å². The number of hydrogen-bond donors (Lipinski definition) is 0. The standard InChI is InChI=1S/C17H17FN6O2S/c1-10(25)14(17(26)23(2)3)27-16-13-15(19-9-20-16)24(22-21-13)8-11-4-6-12(18)7-5-11/h4-7,9,14H,8H2,1-3H3/t14-/m0/s1. The van der Waals surface area contributed by atoms with Gasteiger partial charge in [0.1, 0.15) is 22.4 Å². The van der Waals surface area contributed by atoms with E-state index in [2.05, 4.69) is 20.3 Å². The summed E-state index contributed by atoms with van der Waals surface area (Å²) in [6.07, 6.45) is 1.34. The summed E-state index contributed by atoms with van der Waals surface area (Å²) in [7, 11) is 3.18. The monoisotopic (exact) mass is 388 g/mol. The fourth-order valence-electron chi connectivity index (χ4n) is 2.38. The van der Waals surface area contributed by atoms with Gasteiger partial charge in [0.05, 0.1) is 6.54 Å². The molecule has 0 aliphatic heterocycles. The van der Waals surface area contributed by atoms with E-state index in [1.807, 2.05) is 0 Å². The first-order valence-electron chi connectivity index (χ1n) is 8.03. The van der Waals surface area contributed by atoms with Crippen molar-refractivity contribution in [1.82, 2.24) is 29.9 Å². The molecule has 0 bridgehead atoms. The fourth-order valence-corrected chi connectivity index (χ4v) is 3.43. The van der Waals surface area contributed by atoms with Gasteiger partial charge in [-0.15, -0.1) is 5.10 Å². The van der Waals surface area contributed by atoms with E-state index in [0.717, 1.165) is 17.3 Å². The Bertz CT molecular complexity index is 989. The summed E-state index contributed by atoms with van der Waals surface area (Å²) in [6, 6.07) is 6.05. The highest BCUT2D eigenvalue weighted by Gasteiger charge is 2.28. The van der Waals surface area contributed by atoms with Gasteiger partial charge in [0.15, 0.2) is 16.9 Å². The van der Waals surface area contributed by atoms with Crippen molar-refractivity contribution in [1.29, 1.82) is 0 Å². The van der Waals surface area contributed by atoms with E-state index < -0.39 is 5.25 Å². The molecular weight excluding hydrogens is 371 g/mol. The van der Waals surface area contributed by atoms with Crippen LogP contribution in [0.2, 0.25) is 0 Å². The number of benzene rings is 1. The minimum absolute atomic E-state index is 0.274. The summed E-state index contributed by atoms with van der Waals surface area (Å²) < 4.78 is 14.6. The molecule has 1 aromatic carbocycles. The summed E-state index contributed by atoms with van der Waals surface area (Å²) in [4.78, 5) is 33.9. The second kappa shape index (κ2) is 7.78. The van der Waals surface area contributed by atoms with Gasteiger partial charge >= 0.3 is 0 Å². The van der Waals surface area contributed by atoms with Crippen LogP contribution in [-0.4, -0.2) is 60.9 Å². The molecule has 2 heterocycles. The molecule has 3 aromatic rings. The number of amides is 1. The number of aromatic nitrogens is 5. The van der Waals surface area contributed by atoms with Gasteiger partial charge in [0, 0.05) is 14.1 Å². The molecule has 0 N–H and O–H groups in total. The highest BCUT2D eigenvalue weighted by Crippen LogP contribution is 2.28. The van der Waals surface area contributed by atoms with Gasteiger partial charge in [-0.25, -0.2) is 19.0 Å².